The Hall–Kier alpha value is -1.06. The van der Waals surface area contributed by atoms with E-state index in [1.807, 2.05) is 0 Å². The third-order valence-electron chi connectivity index (χ3n) is 6.67. The summed E-state index contributed by atoms with van der Waals surface area (Å²) in [6, 6.07) is 0. The van der Waals surface area contributed by atoms with E-state index in [1.54, 1.807) is 0 Å². The summed E-state index contributed by atoms with van der Waals surface area (Å²) in [7, 11) is 0. The van der Waals surface area contributed by atoms with Gasteiger partial charge >= 0.3 is 11.9 Å². The van der Waals surface area contributed by atoms with Crippen LogP contribution in [0.1, 0.15) is 122 Å². The SMILES string of the molecule is CCCCCCCCCCCOC(=O)C1CCCC(C(=O)OC2CCCCC2)C1. The number of ether oxygens (including phenoxy) is 2. The van der Waals surface area contributed by atoms with Crippen molar-refractivity contribution < 1.29 is 19.1 Å². The van der Waals surface area contributed by atoms with Crippen LogP contribution in [0.4, 0.5) is 0 Å². The van der Waals surface area contributed by atoms with Crippen LogP contribution in [0.25, 0.3) is 0 Å². The highest BCUT2D eigenvalue weighted by Gasteiger charge is 2.34. The summed E-state index contributed by atoms with van der Waals surface area (Å²) in [5.74, 6) is -0.407. The molecule has 2 unspecified atom stereocenters. The van der Waals surface area contributed by atoms with Crippen molar-refractivity contribution in [2.75, 3.05) is 6.61 Å². The van der Waals surface area contributed by atoms with Crippen molar-refractivity contribution in [1.82, 2.24) is 0 Å². The molecular formula is C25H44O4. The summed E-state index contributed by atoms with van der Waals surface area (Å²) in [5, 5.41) is 0. The van der Waals surface area contributed by atoms with E-state index >= 15 is 0 Å². The zero-order chi connectivity index (χ0) is 20.7. The molecule has 0 spiro atoms. The number of carbonyl (C=O) groups excluding carboxylic acids is 2. The highest BCUT2D eigenvalue weighted by Crippen LogP contribution is 2.32. The first-order chi connectivity index (χ1) is 14.2. The molecular weight excluding hydrogens is 364 g/mol. The van der Waals surface area contributed by atoms with Crippen molar-refractivity contribution in [2.24, 2.45) is 11.8 Å². The van der Waals surface area contributed by atoms with E-state index in [1.165, 1.54) is 51.4 Å². The zero-order valence-corrected chi connectivity index (χ0v) is 18.8. The maximum atomic E-state index is 12.5. The highest BCUT2D eigenvalue weighted by molar-refractivity contribution is 5.76. The molecule has 29 heavy (non-hydrogen) atoms. The second-order valence-electron chi connectivity index (χ2n) is 9.25. The predicted octanol–water partition coefficient (Wildman–Crippen LogP) is 6.74. The quantitative estimate of drug-likeness (QED) is 0.250. The molecule has 0 radical (unpaired) electrons. The Morgan fingerprint density at radius 2 is 1.28 bits per heavy atom. The highest BCUT2D eigenvalue weighted by atomic mass is 16.5. The van der Waals surface area contributed by atoms with Crippen molar-refractivity contribution in [3.8, 4) is 0 Å². The summed E-state index contributed by atoms with van der Waals surface area (Å²) in [4.78, 5) is 24.9. The van der Waals surface area contributed by atoms with Crippen LogP contribution in [0.15, 0.2) is 0 Å². The fraction of sp³-hybridized carbons (Fsp3) is 0.920. The van der Waals surface area contributed by atoms with Crippen LogP contribution in [-0.2, 0) is 19.1 Å². The lowest BCUT2D eigenvalue weighted by Gasteiger charge is -2.29. The zero-order valence-electron chi connectivity index (χ0n) is 18.8. The average Bonchev–Trinajstić information content (AvgIpc) is 2.75. The Balaban J connectivity index is 1.53. The molecule has 0 amide bonds. The van der Waals surface area contributed by atoms with Crippen molar-refractivity contribution >= 4 is 11.9 Å². The van der Waals surface area contributed by atoms with Crippen molar-refractivity contribution in [3.63, 3.8) is 0 Å². The van der Waals surface area contributed by atoms with Crippen LogP contribution in [0.3, 0.4) is 0 Å². The summed E-state index contributed by atoms with van der Waals surface area (Å²) < 4.78 is 11.3. The number of carbonyl (C=O) groups is 2. The van der Waals surface area contributed by atoms with Gasteiger partial charge in [-0.1, -0.05) is 71.1 Å². The average molecular weight is 409 g/mol. The molecule has 0 aromatic rings. The fourth-order valence-electron chi connectivity index (χ4n) is 4.76. The Kier molecular flexibility index (Phi) is 12.4. The first kappa shape index (κ1) is 24.2. The molecule has 2 fully saturated rings. The Morgan fingerprint density at radius 1 is 0.690 bits per heavy atom. The van der Waals surface area contributed by atoms with Crippen LogP contribution in [0.2, 0.25) is 0 Å². The maximum absolute atomic E-state index is 12.5. The number of hydrogen-bond acceptors (Lipinski definition) is 4. The van der Waals surface area contributed by atoms with Crippen LogP contribution < -0.4 is 0 Å². The minimum Gasteiger partial charge on any atom is -0.465 e. The number of unbranched alkanes of at least 4 members (excludes halogenated alkanes) is 8. The molecule has 4 heteroatoms. The third kappa shape index (κ3) is 10.00. The van der Waals surface area contributed by atoms with Gasteiger partial charge in [0.15, 0.2) is 0 Å². The number of hydrogen-bond donors (Lipinski definition) is 0. The number of esters is 2. The second kappa shape index (κ2) is 14.8. The van der Waals surface area contributed by atoms with Gasteiger partial charge in [0.1, 0.15) is 6.10 Å². The summed E-state index contributed by atoms with van der Waals surface area (Å²) in [6.45, 7) is 2.78. The summed E-state index contributed by atoms with van der Waals surface area (Å²) in [5.41, 5.74) is 0. The van der Waals surface area contributed by atoms with Crippen molar-refractivity contribution in [1.29, 1.82) is 0 Å². The van der Waals surface area contributed by atoms with Gasteiger partial charge in [0.05, 0.1) is 18.4 Å². The van der Waals surface area contributed by atoms with Crippen LogP contribution in [0, 0.1) is 11.8 Å². The van der Waals surface area contributed by atoms with Crippen LogP contribution in [-0.4, -0.2) is 24.6 Å². The first-order valence-corrected chi connectivity index (χ1v) is 12.6. The maximum Gasteiger partial charge on any atom is 0.309 e. The van der Waals surface area contributed by atoms with Gasteiger partial charge in [-0.15, -0.1) is 0 Å². The van der Waals surface area contributed by atoms with Gasteiger partial charge in [-0.25, -0.2) is 0 Å². The molecule has 168 valence electrons. The lowest BCUT2D eigenvalue weighted by molar-refractivity contribution is -0.159. The molecule has 2 aliphatic carbocycles. The second-order valence-corrected chi connectivity index (χ2v) is 9.25. The van der Waals surface area contributed by atoms with E-state index in [9.17, 15) is 9.59 Å². The first-order valence-electron chi connectivity index (χ1n) is 12.6. The summed E-state index contributed by atoms with van der Waals surface area (Å²) in [6.07, 6.45) is 20.3. The molecule has 0 aliphatic heterocycles. The summed E-state index contributed by atoms with van der Waals surface area (Å²) >= 11 is 0. The molecule has 2 atom stereocenters. The van der Waals surface area contributed by atoms with Gasteiger partial charge in [0.25, 0.3) is 0 Å². The minimum atomic E-state index is -0.119. The molecule has 2 aliphatic rings. The van der Waals surface area contributed by atoms with Crippen molar-refractivity contribution in [2.45, 2.75) is 129 Å². The molecule has 2 saturated carbocycles. The Morgan fingerprint density at radius 3 is 1.93 bits per heavy atom. The molecule has 0 aromatic heterocycles. The van der Waals surface area contributed by atoms with E-state index in [0.717, 1.165) is 57.8 Å². The lowest BCUT2D eigenvalue weighted by atomic mass is 9.81. The van der Waals surface area contributed by atoms with E-state index in [2.05, 4.69) is 6.92 Å². The van der Waals surface area contributed by atoms with Gasteiger partial charge in [-0.2, -0.15) is 0 Å². The monoisotopic (exact) mass is 408 g/mol. The van der Waals surface area contributed by atoms with Gasteiger partial charge in [0, 0.05) is 0 Å². The fourth-order valence-corrected chi connectivity index (χ4v) is 4.76. The standard InChI is InChI=1S/C25H44O4/c1-2-3-4-5-6-7-8-9-13-19-28-24(26)21-15-14-16-22(20-21)25(27)29-23-17-11-10-12-18-23/h21-23H,2-20H2,1H3. The topological polar surface area (TPSA) is 52.6 Å². The minimum absolute atomic E-state index is 0.0756. The number of rotatable bonds is 13. The van der Waals surface area contributed by atoms with Gasteiger partial charge in [-0.3, -0.25) is 9.59 Å². The van der Waals surface area contributed by atoms with E-state index in [4.69, 9.17) is 9.47 Å². The predicted molar refractivity (Wildman–Crippen MR) is 117 cm³/mol. The molecule has 0 saturated heterocycles. The van der Waals surface area contributed by atoms with Gasteiger partial charge < -0.3 is 9.47 Å². The molecule has 4 nitrogen and oxygen atoms in total. The third-order valence-corrected chi connectivity index (χ3v) is 6.67. The van der Waals surface area contributed by atoms with Gasteiger partial charge in [-0.05, 0) is 51.4 Å². The lowest BCUT2D eigenvalue weighted by Crippen LogP contribution is -2.32. The van der Waals surface area contributed by atoms with Crippen LogP contribution >= 0.6 is 0 Å². The Labute approximate surface area is 178 Å². The van der Waals surface area contributed by atoms with E-state index in [0.29, 0.717) is 13.0 Å². The van der Waals surface area contributed by atoms with Crippen LogP contribution in [0.5, 0.6) is 0 Å². The van der Waals surface area contributed by atoms with E-state index in [-0.39, 0.29) is 29.9 Å². The molecule has 0 N–H and O–H groups in total. The van der Waals surface area contributed by atoms with Crippen molar-refractivity contribution in [3.05, 3.63) is 0 Å². The molecule has 0 aromatic carbocycles. The van der Waals surface area contributed by atoms with E-state index < -0.39 is 0 Å². The molecule has 0 bridgehead atoms. The normalized spacial score (nSPS) is 22.9. The van der Waals surface area contributed by atoms with Gasteiger partial charge in [0.2, 0.25) is 0 Å². The largest absolute Gasteiger partial charge is 0.465 e. The molecule has 2 rings (SSSR count). The molecule has 0 heterocycles. The smallest absolute Gasteiger partial charge is 0.309 e. The Bertz CT molecular complexity index is 456.